The Balaban J connectivity index is 1.62. The molecule has 2 aromatic carbocycles. The first kappa shape index (κ1) is 20.9. The van der Waals surface area contributed by atoms with Crippen LogP contribution in [-0.2, 0) is 6.42 Å². The number of hydrogen-bond acceptors (Lipinski definition) is 5. The van der Waals surface area contributed by atoms with E-state index in [1.165, 1.54) is 6.07 Å². The number of phenols is 1. The van der Waals surface area contributed by atoms with Crippen LogP contribution >= 0.6 is 11.6 Å². The van der Waals surface area contributed by atoms with E-state index in [0.717, 1.165) is 66.6 Å². The van der Waals surface area contributed by atoms with Crippen LogP contribution in [0.5, 0.6) is 11.5 Å². The van der Waals surface area contributed by atoms with Crippen LogP contribution in [0.1, 0.15) is 41.8 Å². The molecule has 0 radical (unpaired) electrons. The van der Waals surface area contributed by atoms with Crippen molar-refractivity contribution in [2.75, 3.05) is 13.1 Å². The van der Waals surface area contributed by atoms with Gasteiger partial charge in [0.2, 0.25) is 0 Å². The molecular weight excluding hydrogens is 429 g/mol. The molecule has 5 rings (SSSR count). The van der Waals surface area contributed by atoms with Crippen LogP contribution in [0.4, 0.5) is 4.39 Å². The van der Waals surface area contributed by atoms with E-state index in [4.69, 9.17) is 16.3 Å². The Bertz CT molecular complexity index is 1170. The fourth-order valence-electron chi connectivity index (χ4n) is 4.43. The summed E-state index contributed by atoms with van der Waals surface area (Å²) in [6, 6.07) is 10.2. The summed E-state index contributed by atoms with van der Waals surface area (Å²) in [5.41, 5.74) is 4.51. The van der Waals surface area contributed by atoms with Crippen LogP contribution in [0, 0.1) is 5.82 Å². The number of nitrogens with zero attached hydrogens (tertiary/aromatic N) is 2. The molecule has 0 spiro atoms. The number of aryl methyl sites for hydroxylation is 1. The number of aromatic hydroxyl groups is 1. The second-order valence-electron chi connectivity index (χ2n) is 8.15. The molecular formula is C25H23ClFN3O2. The Hall–Kier alpha value is -2.96. The van der Waals surface area contributed by atoms with Crippen molar-refractivity contribution < 1.29 is 14.2 Å². The lowest BCUT2D eigenvalue weighted by Crippen LogP contribution is -2.19. The van der Waals surface area contributed by atoms with Gasteiger partial charge in [-0.3, -0.25) is 0 Å². The summed E-state index contributed by atoms with van der Waals surface area (Å²) in [5.74, 6) is 0.933. The first-order chi connectivity index (χ1) is 15.6. The molecule has 1 atom stereocenters. The average molecular weight is 452 g/mol. The first-order valence-corrected chi connectivity index (χ1v) is 11.2. The molecule has 7 heteroatoms. The molecule has 0 bridgehead atoms. The fourth-order valence-corrected chi connectivity index (χ4v) is 4.55. The SMILES string of the molecule is Oc1ccc2c(c1)CCCC(c1ccc(Cl)c(F)c1)=C2c1ncc(O[C@H]2CCNC2)cn1. The predicted octanol–water partition coefficient (Wildman–Crippen LogP) is 5.01. The molecule has 1 saturated heterocycles. The normalized spacial score (nSPS) is 18.4. The van der Waals surface area contributed by atoms with E-state index in [1.54, 1.807) is 30.6 Å². The monoisotopic (exact) mass is 451 g/mol. The molecule has 0 amide bonds. The van der Waals surface area contributed by atoms with Gasteiger partial charge in [0, 0.05) is 12.1 Å². The number of fused-ring (bicyclic) bond motifs is 1. The number of nitrogens with one attached hydrogen (secondary N) is 1. The molecule has 2 heterocycles. The lowest BCUT2D eigenvalue weighted by atomic mass is 9.92. The van der Waals surface area contributed by atoms with Crippen LogP contribution in [0.2, 0.25) is 5.02 Å². The number of phenolic OH excluding ortho intramolecular Hbond substituents is 1. The Kier molecular flexibility index (Phi) is 5.81. The Morgan fingerprint density at radius 2 is 1.94 bits per heavy atom. The molecule has 0 saturated carbocycles. The maximum Gasteiger partial charge on any atom is 0.160 e. The number of hydrogen-bond donors (Lipinski definition) is 2. The lowest BCUT2D eigenvalue weighted by molar-refractivity contribution is 0.221. The van der Waals surface area contributed by atoms with Crippen LogP contribution in [0.15, 0.2) is 48.8 Å². The standard InChI is InChI=1S/C25H23ClFN3O2/c26-22-7-4-16(11-23(22)27)20-3-1-2-15-10-17(31)5-6-21(15)24(20)25-29-13-19(14-30-25)32-18-8-9-28-12-18/h4-7,10-11,13-14,18,28,31H,1-3,8-9,12H2/t18-/m0/s1. The van der Waals surface area contributed by atoms with E-state index in [1.807, 2.05) is 12.1 Å². The Morgan fingerprint density at radius 3 is 2.69 bits per heavy atom. The van der Waals surface area contributed by atoms with E-state index in [2.05, 4.69) is 15.3 Å². The zero-order chi connectivity index (χ0) is 22.1. The smallest absolute Gasteiger partial charge is 0.160 e. The maximum absolute atomic E-state index is 14.3. The van der Waals surface area contributed by atoms with Crippen molar-refractivity contribution in [3.63, 3.8) is 0 Å². The summed E-state index contributed by atoms with van der Waals surface area (Å²) in [5, 5.41) is 13.4. The van der Waals surface area contributed by atoms with Gasteiger partial charge >= 0.3 is 0 Å². The number of rotatable bonds is 4. The number of aromatic nitrogens is 2. The zero-order valence-corrected chi connectivity index (χ0v) is 18.2. The summed E-state index contributed by atoms with van der Waals surface area (Å²) in [6.45, 7) is 1.76. The summed E-state index contributed by atoms with van der Waals surface area (Å²) >= 11 is 5.93. The van der Waals surface area contributed by atoms with Gasteiger partial charge in [-0.1, -0.05) is 23.7 Å². The summed E-state index contributed by atoms with van der Waals surface area (Å²) in [6.07, 6.45) is 6.84. The molecule has 3 aromatic rings. The first-order valence-electron chi connectivity index (χ1n) is 10.8. The summed E-state index contributed by atoms with van der Waals surface area (Å²) in [7, 11) is 0. The second kappa shape index (κ2) is 8.88. The van der Waals surface area contributed by atoms with E-state index in [9.17, 15) is 9.50 Å². The van der Waals surface area contributed by atoms with E-state index in [0.29, 0.717) is 11.6 Å². The quantitative estimate of drug-likeness (QED) is 0.583. The Morgan fingerprint density at radius 1 is 1.09 bits per heavy atom. The minimum atomic E-state index is -0.457. The number of ether oxygens (including phenoxy) is 1. The Labute approximate surface area is 190 Å². The largest absolute Gasteiger partial charge is 0.508 e. The second-order valence-corrected chi connectivity index (χ2v) is 8.56. The van der Waals surface area contributed by atoms with Crippen LogP contribution < -0.4 is 10.1 Å². The molecule has 5 nitrogen and oxygen atoms in total. The van der Waals surface area contributed by atoms with Gasteiger partial charge in [0.25, 0.3) is 0 Å². The summed E-state index contributed by atoms with van der Waals surface area (Å²) < 4.78 is 20.3. The van der Waals surface area contributed by atoms with Crippen molar-refractivity contribution in [3.05, 3.63) is 82.1 Å². The third-order valence-corrected chi connectivity index (χ3v) is 6.28. The van der Waals surface area contributed by atoms with Gasteiger partial charge in [0.15, 0.2) is 11.6 Å². The highest BCUT2D eigenvalue weighted by Crippen LogP contribution is 2.40. The highest BCUT2D eigenvalue weighted by Gasteiger charge is 2.23. The topological polar surface area (TPSA) is 67.3 Å². The van der Waals surface area contributed by atoms with Gasteiger partial charge < -0.3 is 15.2 Å². The third-order valence-electron chi connectivity index (χ3n) is 5.97. The molecule has 2 N–H and O–H groups in total. The average Bonchev–Trinajstić information content (AvgIpc) is 3.23. The molecule has 1 aliphatic carbocycles. The van der Waals surface area contributed by atoms with Gasteiger partial charge in [-0.2, -0.15) is 0 Å². The van der Waals surface area contributed by atoms with Gasteiger partial charge in [-0.15, -0.1) is 0 Å². The molecule has 2 aliphatic rings. The molecule has 32 heavy (non-hydrogen) atoms. The van der Waals surface area contributed by atoms with Gasteiger partial charge in [-0.25, -0.2) is 14.4 Å². The van der Waals surface area contributed by atoms with E-state index < -0.39 is 5.82 Å². The molecule has 0 unspecified atom stereocenters. The van der Waals surface area contributed by atoms with Crippen LogP contribution in [-0.4, -0.2) is 34.3 Å². The van der Waals surface area contributed by atoms with Crippen molar-refractivity contribution in [1.29, 1.82) is 0 Å². The van der Waals surface area contributed by atoms with Crippen molar-refractivity contribution in [2.45, 2.75) is 31.8 Å². The fraction of sp³-hybridized carbons (Fsp3) is 0.280. The van der Waals surface area contributed by atoms with E-state index >= 15 is 0 Å². The van der Waals surface area contributed by atoms with Gasteiger partial charge in [0.05, 0.1) is 17.4 Å². The summed E-state index contributed by atoms with van der Waals surface area (Å²) in [4.78, 5) is 9.25. The van der Waals surface area contributed by atoms with E-state index in [-0.39, 0.29) is 16.9 Å². The van der Waals surface area contributed by atoms with Crippen molar-refractivity contribution in [2.24, 2.45) is 0 Å². The number of benzene rings is 2. The maximum atomic E-state index is 14.3. The van der Waals surface area contributed by atoms with Crippen molar-refractivity contribution >= 4 is 22.7 Å². The molecule has 1 aromatic heterocycles. The number of halogens is 2. The van der Waals surface area contributed by atoms with Gasteiger partial charge in [0.1, 0.15) is 17.7 Å². The van der Waals surface area contributed by atoms with Crippen molar-refractivity contribution in [3.8, 4) is 11.5 Å². The molecule has 164 valence electrons. The van der Waals surface area contributed by atoms with Crippen molar-refractivity contribution in [1.82, 2.24) is 15.3 Å². The lowest BCUT2D eigenvalue weighted by Gasteiger charge is -2.16. The third kappa shape index (κ3) is 4.20. The van der Waals surface area contributed by atoms with Crippen LogP contribution in [0.25, 0.3) is 11.1 Å². The minimum absolute atomic E-state index is 0.0917. The van der Waals surface area contributed by atoms with Crippen LogP contribution in [0.3, 0.4) is 0 Å². The molecule has 1 fully saturated rings. The van der Waals surface area contributed by atoms with Gasteiger partial charge in [-0.05, 0) is 78.8 Å². The highest BCUT2D eigenvalue weighted by molar-refractivity contribution is 6.30. The highest BCUT2D eigenvalue weighted by atomic mass is 35.5. The zero-order valence-electron chi connectivity index (χ0n) is 17.4. The minimum Gasteiger partial charge on any atom is -0.508 e. The number of allylic oxidation sites excluding steroid dienone is 1. The predicted molar refractivity (Wildman–Crippen MR) is 122 cm³/mol. The molecule has 1 aliphatic heterocycles.